The number of hydrogen-bond acceptors (Lipinski definition) is 5. The van der Waals surface area contributed by atoms with E-state index in [0.29, 0.717) is 12.3 Å². The molecule has 3 aromatic rings. The van der Waals surface area contributed by atoms with E-state index in [1.807, 2.05) is 43.0 Å². The van der Waals surface area contributed by atoms with Gasteiger partial charge < -0.3 is 25.3 Å². The van der Waals surface area contributed by atoms with Gasteiger partial charge in [-0.25, -0.2) is 9.78 Å². The van der Waals surface area contributed by atoms with E-state index in [1.165, 1.54) is 7.11 Å². The summed E-state index contributed by atoms with van der Waals surface area (Å²) in [6.45, 7) is 6.21. The van der Waals surface area contributed by atoms with Crippen molar-refractivity contribution in [3.63, 3.8) is 0 Å². The number of nitrogens with zero attached hydrogens (tertiary/aromatic N) is 2. The number of benzene rings is 2. The first kappa shape index (κ1) is 25.2. The Morgan fingerprint density at radius 1 is 1.08 bits per heavy atom. The number of ether oxygens (including phenoxy) is 1. The lowest BCUT2D eigenvalue weighted by molar-refractivity contribution is -0.135. The molecule has 0 spiro atoms. The van der Waals surface area contributed by atoms with Gasteiger partial charge in [0.25, 0.3) is 0 Å². The minimum atomic E-state index is -0.656. The number of hydrogen-bond donors (Lipinski definition) is 3. The second-order valence-corrected chi connectivity index (χ2v) is 9.51. The Hall–Kier alpha value is -3.94. The fraction of sp³-hybridized carbons (Fsp3) is 0.357. The molecule has 2 aromatic carbocycles. The number of likely N-dealkylation sites (tertiary alicyclic amines) is 1. The second-order valence-electron chi connectivity index (χ2n) is 9.51. The molecular formula is C28H33N5O3. The van der Waals surface area contributed by atoms with Gasteiger partial charge in [-0.2, -0.15) is 0 Å². The predicted octanol–water partition coefficient (Wildman–Crippen LogP) is 5.18. The van der Waals surface area contributed by atoms with Gasteiger partial charge in [-0.1, -0.05) is 62.4 Å². The van der Waals surface area contributed by atoms with Crippen LogP contribution in [-0.2, 0) is 9.53 Å². The zero-order valence-corrected chi connectivity index (χ0v) is 21.2. The Balaban J connectivity index is 1.50. The summed E-state index contributed by atoms with van der Waals surface area (Å²) >= 11 is 0. The van der Waals surface area contributed by atoms with Crippen LogP contribution in [0.3, 0.4) is 0 Å². The first-order chi connectivity index (χ1) is 17.3. The largest absolute Gasteiger partial charge is 0.453 e. The molecule has 2 heterocycles. The van der Waals surface area contributed by atoms with Crippen LogP contribution in [0.25, 0.3) is 22.4 Å². The van der Waals surface area contributed by atoms with Crippen LogP contribution in [0.4, 0.5) is 4.79 Å². The molecule has 2 unspecified atom stereocenters. The summed E-state index contributed by atoms with van der Waals surface area (Å²) in [5, 5.41) is 10.4. The van der Waals surface area contributed by atoms with E-state index >= 15 is 0 Å². The zero-order chi connectivity index (χ0) is 25.8. The third-order valence-electron chi connectivity index (χ3n) is 6.69. The molecule has 1 fully saturated rings. The van der Waals surface area contributed by atoms with Gasteiger partial charge in [-0.15, -0.1) is 0 Å². The Morgan fingerprint density at radius 3 is 2.28 bits per heavy atom. The lowest BCUT2D eigenvalue weighted by Gasteiger charge is -2.30. The number of alkyl carbamates (subject to hydrolysis) is 1. The number of amides is 2. The minimum absolute atomic E-state index is 0.0751. The van der Waals surface area contributed by atoms with Crippen molar-refractivity contribution in [1.82, 2.24) is 20.2 Å². The number of aromatic amines is 1. The molecule has 0 bridgehead atoms. The average Bonchev–Trinajstić information content (AvgIpc) is 3.56. The molecule has 8 heteroatoms. The van der Waals surface area contributed by atoms with Crippen LogP contribution in [-0.4, -0.2) is 52.3 Å². The van der Waals surface area contributed by atoms with E-state index in [9.17, 15) is 9.59 Å². The van der Waals surface area contributed by atoms with Gasteiger partial charge in [0.15, 0.2) is 0 Å². The maximum atomic E-state index is 13.3. The SMILES string of the molecule is COC(=O)NC(C(=O)N1CCCC1c1ncc(-c2ccc(-c3ccc(C(C)=N)cc3)cc2)[nH]1)C(C)C. The Morgan fingerprint density at radius 2 is 1.69 bits per heavy atom. The van der Waals surface area contributed by atoms with Gasteiger partial charge in [-0.05, 0) is 47.9 Å². The van der Waals surface area contributed by atoms with Gasteiger partial charge in [0, 0.05) is 12.3 Å². The molecule has 1 saturated heterocycles. The van der Waals surface area contributed by atoms with Gasteiger partial charge >= 0.3 is 6.09 Å². The third-order valence-corrected chi connectivity index (χ3v) is 6.69. The minimum Gasteiger partial charge on any atom is -0.453 e. The van der Waals surface area contributed by atoms with Crippen molar-refractivity contribution in [1.29, 1.82) is 5.41 Å². The first-order valence-electron chi connectivity index (χ1n) is 12.2. The van der Waals surface area contributed by atoms with E-state index in [1.54, 1.807) is 13.1 Å². The highest BCUT2D eigenvalue weighted by molar-refractivity contribution is 5.96. The lowest BCUT2D eigenvalue weighted by atomic mass is 10.0. The fourth-order valence-corrected chi connectivity index (χ4v) is 4.60. The quantitative estimate of drug-likeness (QED) is 0.399. The van der Waals surface area contributed by atoms with E-state index in [0.717, 1.165) is 46.6 Å². The Bertz CT molecular complexity index is 1230. The van der Waals surface area contributed by atoms with Crippen LogP contribution in [0.15, 0.2) is 54.7 Å². The molecule has 0 aliphatic carbocycles. The average molecular weight is 488 g/mol. The standard InChI is InChI=1S/C28H33N5O3/c1-17(2)25(32-28(35)36-4)27(34)33-15-5-6-24(33)26-30-16-23(31-26)22-13-11-21(12-14-22)20-9-7-19(8-10-20)18(3)29/h7-14,16-17,24-25,29H,5-6,15H2,1-4H3,(H,30,31)(H,32,35). The maximum Gasteiger partial charge on any atom is 0.407 e. The summed E-state index contributed by atoms with van der Waals surface area (Å²) in [5.74, 6) is 0.552. The number of nitrogens with one attached hydrogen (secondary N) is 3. The normalized spacial score (nSPS) is 16.1. The van der Waals surface area contributed by atoms with Crippen LogP contribution in [0.5, 0.6) is 0 Å². The Labute approximate surface area is 211 Å². The van der Waals surface area contributed by atoms with E-state index in [-0.39, 0.29) is 17.9 Å². The van der Waals surface area contributed by atoms with E-state index in [4.69, 9.17) is 10.1 Å². The molecule has 4 rings (SSSR count). The van der Waals surface area contributed by atoms with E-state index in [2.05, 4.69) is 39.6 Å². The van der Waals surface area contributed by atoms with Crippen molar-refractivity contribution >= 4 is 17.7 Å². The highest BCUT2D eigenvalue weighted by Gasteiger charge is 2.37. The molecule has 8 nitrogen and oxygen atoms in total. The number of aromatic nitrogens is 2. The number of carbonyl (C=O) groups excluding carboxylic acids is 2. The number of H-pyrrole nitrogens is 1. The topological polar surface area (TPSA) is 111 Å². The molecule has 36 heavy (non-hydrogen) atoms. The molecule has 2 atom stereocenters. The number of rotatable bonds is 7. The second kappa shape index (κ2) is 10.8. The Kier molecular flexibility index (Phi) is 7.52. The van der Waals surface area contributed by atoms with Crippen LogP contribution in [0.1, 0.15) is 51.0 Å². The number of carbonyl (C=O) groups is 2. The molecule has 1 aliphatic heterocycles. The van der Waals surface area contributed by atoms with Crippen molar-refractivity contribution in [2.45, 2.75) is 45.7 Å². The van der Waals surface area contributed by atoms with Gasteiger partial charge in [-0.3, -0.25) is 4.79 Å². The molecule has 0 radical (unpaired) electrons. The number of methoxy groups -OCH3 is 1. The van der Waals surface area contributed by atoms with Crippen molar-refractivity contribution in [2.75, 3.05) is 13.7 Å². The lowest BCUT2D eigenvalue weighted by Crippen LogP contribution is -2.51. The predicted molar refractivity (Wildman–Crippen MR) is 140 cm³/mol. The van der Waals surface area contributed by atoms with Crippen LogP contribution in [0.2, 0.25) is 0 Å². The molecule has 188 valence electrons. The van der Waals surface area contributed by atoms with Crippen molar-refractivity contribution < 1.29 is 14.3 Å². The summed E-state index contributed by atoms with van der Waals surface area (Å²) in [6.07, 6.45) is 2.88. The number of imidazole rings is 1. The molecule has 3 N–H and O–H groups in total. The first-order valence-corrected chi connectivity index (χ1v) is 12.2. The maximum absolute atomic E-state index is 13.3. The monoisotopic (exact) mass is 487 g/mol. The third kappa shape index (κ3) is 5.32. The summed E-state index contributed by atoms with van der Waals surface area (Å²) in [7, 11) is 1.29. The van der Waals surface area contributed by atoms with Gasteiger partial charge in [0.1, 0.15) is 11.9 Å². The highest BCUT2D eigenvalue weighted by atomic mass is 16.5. The van der Waals surface area contributed by atoms with Crippen LogP contribution in [0, 0.1) is 11.3 Å². The van der Waals surface area contributed by atoms with Crippen molar-refractivity contribution in [2.24, 2.45) is 5.92 Å². The zero-order valence-electron chi connectivity index (χ0n) is 21.2. The summed E-state index contributed by atoms with van der Waals surface area (Å²) < 4.78 is 4.71. The summed E-state index contributed by atoms with van der Waals surface area (Å²) in [4.78, 5) is 35.0. The molecule has 1 aromatic heterocycles. The summed E-state index contributed by atoms with van der Waals surface area (Å²) in [5.41, 5.74) is 5.55. The highest BCUT2D eigenvalue weighted by Crippen LogP contribution is 2.33. The van der Waals surface area contributed by atoms with E-state index < -0.39 is 12.1 Å². The molecule has 2 amide bonds. The molecule has 0 saturated carbocycles. The fourth-order valence-electron chi connectivity index (χ4n) is 4.60. The van der Waals surface area contributed by atoms with Crippen LogP contribution < -0.4 is 5.32 Å². The van der Waals surface area contributed by atoms with Gasteiger partial charge in [0.05, 0.1) is 25.0 Å². The van der Waals surface area contributed by atoms with Crippen molar-refractivity contribution in [3.8, 4) is 22.4 Å². The molecular weight excluding hydrogens is 454 g/mol. The van der Waals surface area contributed by atoms with Crippen LogP contribution >= 0.6 is 0 Å². The van der Waals surface area contributed by atoms with Crippen molar-refractivity contribution in [3.05, 3.63) is 66.1 Å². The molecule has 1 aliphatic rings. The van der Waals surface area contributed by atoms with Gasteiger partial charge in [0.2, 0.25) is 5.91 Å². The smallest absolute Gasteiger partial charge is 0.407 e. The summed E-state index contributed by atoms with van der Waals surface area (Å²) in [6, 6.07) is 15.4.